The molecule has 0 saturated heterocycles. The maximum atomic E-state index is 13.6. The summed E-state index contributed by atoms with van der Waals surface area (Å²) >= 11 is 0. The SMILES string of the molecule is CCOc1ccc(NC(=O)c2cccc(F)c2F)cc1CO. The molecule has 4 nitrogen and oxygen atoms in total. The largest absolute Gasteiger partial charge is 0.494 e. The molecule has 0 bridgehead atoms. The molecule has 6 heteroatoms. The third kappa shape index (κ3) is 3.40. The fraction of sp³-hybridized carbons (Fsp3) is 0.188. The van der Waals surface area contributed by atoms with Gasteiger partial charge in [-0.05, 0) is 37.3 Å². The summed E-state index contributed by atoms with van der Waals surface area (Å²) in [6, 6.07) is 8.04. The first kappa shape index (κ1) is 15.9. The van der Waals surface area contributed by atoms with Crippen molar-refractivity contribution in [3.8, 4) is 5.75 Å². The highest BCUT2D eigenvalue weighted by atomic mass is 19.2. The van der Waals surface area contributed by atoms with Gasteiger partial charge in [0.25, 0.3) is 5.91 Å². The molecular formula is C16H15F2NO3. The number of hydrogen-bond acceptors (Lipinski definition) is 3. The lowest BCUT2D eigenvalue weighted by atomic mass is 10.1. The van der Waals surface area contributed by atoms with Gasteiger partial charge in [0.1, 0.15) is 5.75 Å². The van der Waals surface area contributed by atoms with E-state index in [4.69, 9.17) is 4.74 Å². The molecule has 22 heavy (non-hydrogen) atoms. The Morgan fingerprint density at radius 3 is 2.73 bits per heavy atom. The van der Waals surface area contributed by atoms with Crippen LogP contribution in [0.25, 0.3) is 0 Å². The Morgan fingerprint density at radius 1 is 1.27 bits per heavy atom. The first-order chi connectivity index (χ1) is 10.6. The Labute approximate surface area is 126 Å². The molecule has 0 atom stereocenters. The van der Waals surface area contributed by atoms with Gasteiger partial charge in [-0.1, -0.05) is 6.07 Å². The second kappa shape index (κ2) is 7.00. The number of ether oxygens (including phenoxy) is 1. The summed E-state index contributed by atoms with van der Waals surface area (Å²) in [4.78, 5) is 12.0. The molecule has 2 aromatic rings. The number of benzene rings is 2. The number of carbonyl (C=O) groups is 1. The zero-order valence-electron chi connectivity index (χ0n) is 11.9. The predicted molar refractivity (Wildman–Crippen MR) is 77.8 cm³/mol. The highest BCUT2D eigenvalue weighted by Gasteiger charge is 2.15. The van der Waals surface area contributed by atoms with Gasteiger partial charge < -0.3 is 15.2 Å². The van der Waals surface area contributed by atoms with Crippen LogP contribution in [0.2, 0.25) is 0 Å². The van der Waals surface area contributed by atoms with Gasteiger partial charge in [0.15, 0.2) is 11.6 Å². The van der Waals surface area contributed by atoms with Gasteiger partial charge in [0.05, 0.1) is 18.8 Å². The minimum absolute atomic E-state index is 0.270. The van der Waals surface area contributed by atoms with Crippen LogP contribution < -0.4 is 10.1 Å². The standard InChI is InChI=1S/C16H15F2NO3/c1-2-22-14-7-6-11(8-10(14)9-20)19-16(21)12-4-3-5-13(17)15(12)18/h3-8,20H,2,9H2,1H3,(H,19,21). The van der Waals surface area contributed by atoms with Crippen molar-refractivity contribution in [1.29, 1.82) is 0 Å². The number of amides is 1. The molecule has 2 aromatic carbocycles. The number of halogens is 2. The maximum Gasteiger partial charge on any atom is 0.258 e. The molecule has 2 rings (SSSR count). The third-order valence-corrected chi connectivity index (χ3v) is 2.98. The van der Waals surface area contributed by atoms with Gasteiger partial charge in [-0.15, -0.1) is 0 Å². The van der Waals surface area contributed by atoms with Crippen LogP contribution in [0.3, 0.4) is 0 Å². The van der Waals surface area contributed by atoms with E-state index in [-0.39, 0.29) is 12.2 Å². The molecule has 0 saturated carbocycles. The second-order valence-corrected chi connectivity index (χ2v) is 4.47. The van der Waals surface area contributed by atoms with Gasteiger partial charge >= 0.3 is 0 Å². The highest BCUT2D eigenvalue weighted by molar-refractivity contribution is 6.04. The number of aliphatic hydroxyl groups excluding tert-OH is 1. The molecule has 0 aliphatic rings. The minimum Gasteiger partial charge on any atom is -0.494 e. The molecule has 116 valence electrons. The molecule has 1 amide bonds. The van der Waals surface area contributed by atoms with Gasteiger partial charge in [-0.2, -0.15) is 0 Å². The Morgan fingerprint density at radius 2 is 2.05 bits per heavy atom. The van der Waals surface area contributed by atoms with Gasteiger partial charge in [-0.3, -0.25) is 4.79 Å². The van der Waals surface area contributed by atoms with Crippen molar-refractivity contribution in [3.05, 3.63) is 59.2 Å². The van der Waals surface area contributed by atoms with Crippen molar-refractivity contribution in [2.75, 3.05) is 11.9 Å². The Balaban J connectivity index is 2.23. The predicted octanol–water partition coefficient (Wildman–Crippen LogP) is 3.11. The van der Waals surface area contributed by atoms with E-state index in [2.05, 4.69) is 5.32 Å². The van der Waals surface area contributed by atoms with Crippen molar-refractivity contribution in [3.63, 3.8) is 0 Å². The zero-order valence-corrected chi connectivity index (χ0v) is 11.9. The molecule has 0 aromatic heterocycles. The Kier molecular flexibility index (Phi) is 5.06. The molecule has 0 aliphatic carbocycles. The first-order valence-electron chi connectivity index (χ1n) is 6.68. The molecule has 2 N–H and O–H groups in total. The van der Waals surface area contributed by atoms with Crippen molar-refractivity contribution in [2.24, 2.45) is 0 Å². The van der Waals surface area contributed by atoms with Crippen LogP contribution in [0.15, 0.2) is 36.4 Å². The number of aliphatic hydroxyl groups is 1. The van der Waals surface area contributed by atoms with E-state index in [1.807, 2.05) is 6.92 Å². The van der Waals surface area contributed by atoms with Gasteiger partial charge in [0.2, 0.25) is 0 Å². The molecule has 0 spiro atoms. The van der Waals surface area contributed by atoms with E-state index in [0.717, 1.165) is 6.07 Å². The van der Waals surface area contributed by atoms with Crippen LogP contribution in [0.5, 0.6) is 5.75 Å². The first-order valence-corrected chi connectivity index (χ1v) is 6.68. The molecule has 0 fully saturated rings. The summed E-state index contributed by atoms with van der Waals surface area (Å²) in [6.07, 6.45) is 0. The summed E-state index contributed by atoms with van der Waals surface area (Å²) in [5, 5.41) is 11.8. The number of nitrogens with one attached hydrogen (secondary N) is 1. The van der Waals surface area contributed by atoms with E-state index in [0.29, 0.717) is 23.6 Å². The Hall–Kier alpha value is -2.47. The van der Waals surface area contributed by atoms with Crippen molar-refractivity contribution >= 4 is 11.6 Å². The van der Waals surface area contributed by atoms with Crippen LogP contribution in [0, 0.1) is 11.6 Å². The summed E-state index contributed by atoms with van der Waals surface area (Å²) in [5.41, 5.74) is 0.444. The number of anilines is 1. The lowest BCUT2D eigenvalue weighted by Gasteiger charge is -2.11. The lowest BCUT2D eigenvalue weighted by molar-refractivity contribution is 0.102. The summed E-state index contributed by atoms with van der Waals surface area (Å²) in [6.45, 7) is 1.98. The number of carbonyl (C=O) groups excluding carboxylic acids is 1. The van der Waals surface area contributed by atoms with E-state index in [1.54, 1.807) is 12.1 Å². The third-order valence-electron chi connectivity index (χ3n) is 2.98. The van der Waals surface area contributed by atoms with E-state index in [9.17, 15) is 18.7 Å². The van der Waals surface area contributed by atoms with E-state index >= 15 is 0 Å². The maximum absolute atomic E-state index is 13.6. The lowest BCUT2D eigenvalue weighted by Crippen LogP contribution is -2.14. The van der Waals surface area contributed by atoms with Gasteiger partial charge in [-0.25, -0.2) is 8.78 Å². The topological polar surface area (TPSA) is 58.6 Å². The van der Waals surface area contributed by atoms with E-state index in [1.165, 1.54) is 18.2 Å². The molecular weight excluding hydrogens is 292 g/mol. The molecule has 0 aliphatic heterocycles. The van der Waals surface area contributed by atoms with Crippen LogP contribution in [-0.2, 0) is 6.61 Å². The van der Waals surface area contributed by atoms with Crippen LogP contribution in [-0.4, -0.2) is 17.6 Å². The average Bonchev–Trinajstić information content (AvgIpc) is 2.51. The average molecular weight is 307 g/mol. The summed E-state index contributed by atoms with van der Waals surface area (Å²) in [5.74, 6) is -2.56. The van der Waals surface area contributed by atoms with Crippen LogP contribution in [0.4, 0.5) is 14.5 Å². The zero-order chi connectivity index (χ0) is 16.1. The summed E-state index contributed by atoms with van der Waals surface area (Å²) < 4.78 is 32.0. The number of rotatable bonds is 5. The van der Waals surface area contributed by atoms with E-state index < -0.39 is 17.5 Å². The highest BCUT2D eigenvalue weighted by Crippen LogP contribution is 2.23. The fourth-order valence-corrected chi connectivity index (χ4v) is 1.95. The molecule has 0 radical (unpaired) electrons. The van der Waals surface area contributed by atoms with Crippen LogP contribution >= 0.6 is 0 Å². The summed E-state index contributed by atoms with van der Waals surface area (Å²) in [7, 11) is 0. The second-order valence-electron chi connectivity index (χ2n) is 4.47. The molecule has 0 unspecified atom stereocenters. The monoisotopic (exact) mass is 307 g/mol. The number of hydrogen-bond donors (Lipinski definition) is 2. The Bertz CT molecular complexity index is 689. The van der Waals surface area contributed by atoms with Crippen molar-refractivity contribution in [1.82, 2.24) is 0 Å². The van der Waals surface area contributed by atoms with Crippen molar-refractivity contribution < 1.29 is 23.4 Å². The van der Waals surface area contributed by atoms with Crippen molar-refractivity contribution in [2.45, 2.75) is 13.5 Å². The molecule has 0 heterocycles. The fourth-order valence-electron chi connectivity index (χ4n) is 1.95. The van der Waals surface area contributed by atoms with Crippen LogP contribution in [0.1, 0.15) is 22.8 Å². The smallest absolute Gasteiger partial charge is 0.258 e. The minimum atomic E-state index is -1.20. The quantitative estimate of drug-likeness (QED) is 0.892. The van der Waals surface area contributed by atoms with Gasteiger partial charge in [0, 0.05) is 11.3 Å². The normalized spacial score (nSPS) is 10.4.